The molecule has 3 rings (SSSR count). The van der Waals surface area contributed by atoms with Crippen LogP contribution in [0.4, 0.5) is 0 Å². The number of rotatable bonds is 0. The van der Waals surface area contributed by atoms with E-state index in [2.05, 4.69) is 5.32 Å². The van der Waals surface area contributed by atoms with E-state index >= 15 is 0 Å². The van der Waals surface area contributed by atoms with Crippen molar-refractivity contribution in [2.45, 2.75) is 6.42 Å². The van der Waals surface area contributed by atoms with Crippen LogP contribution in [0.25, 0.3) is 0 Å². The van der Waals surface area contributed by atoms with Gasteiger partial charge in [0.25, 0.3) is 0 Å². The first kappa shape index (κ1) is 9.69. The van der Waals surface area contributed by atoms with E-state index in [1.807, 2.05) is 0 Å². The van der Waals surface area contributed by atoms with Crippen molar-refractivity contribution in [1.82, 2.24) is 5.32 Å². The van der Waals surface area contributed by atoms with E-state index in [0.29, 0.717) is 5.92 Å². The predicted octanol–water partition coefficient (Wildman–Crippen LogP) is -2.20. The summed E-state index contributed by atoms with van der Waals surface area (Å²) in [5.41, 5.74) is 1.05. The summed E-state index contributed by atoms with van der Waals surface area (Å²) in [5.74, 6) is 1.51. The molecule has 15 heavy (non-hydrogen) atoms. The Balaban J connectivity index is 1.90. The minimum absolute atomic E-state index is 0.0635. The summed E-state index contributed by atoms with van der Waals surface area (Å²) in [6.07, 6.45) is 4.62. The molecule has 1 heterocycles. The zero-order chi connectivity index (χ0) is 10.4. The van der Waals surface area contributed by atoms with Crippen molar-refractivity contribution in [2.75, 3.05) is 8.98 Å². The first-order valence-electron chi connectivity index (χ1n) is 5.20. The Kier molecular flexibility index (Phi) is 2.26. The average Bonchev–Trinajstić information content (AvgIpc) is 2.93. The van der Waals surface area contributed by atoms with E-state index in [1.165, 1.54) is 10.8 Å². The molecule has 0 bridgehead atoms. The molecule has 2 aliphatic carbocycles. The number of hydrogen-bond donors (Lipinski definition) is 2. The van der Waals surface area contributed by atoms with Gasteiger partial charge in [-0.15, -0.1) is 0 Å². The monoisotopic (exact) mass is 318 g/mol. The maximum atomic E-state index is 11.3. The van der Waals surface area contributed by atoms with Crippen LogP contribution < -0.4 is 26.5 Å². The number of hydrogen-bond acceptors (Lipinski definition) is 3. The SMILES string of the molecule is O=C1C=C2NC[I-]C[C@H]3CC3C2C=C1O. The second-order valence-corrected chi connectivity index (χ2v) is 7.08. The number of allylic oxidation sites excluding steroid dienone is 2. The van der Waals surface area contributed by atoms with Crippen molar-refractivity contribution in [2.24, 2.45) is 17.8 Å². The number of carbonyl (C=O) groups excluding carboxylic acids is 1. The molecule has 0 amide bonds. The van der Waals surface area contributed by atoms with Crippen LogP contribution in [0.5, 0.6) is 0 Å². The molecule has 0 radical (unpaired) electrons. The first-order valence-corrected chi connectivity index (χ1v) is 8.25. The molecule has 1 aliphatic heterocycles. The Morgan fingerprint density at radius 2 is 2.40 bits per heavy atom. The fourth-order valence-corrected chi connectivity index (χ4v) is 5.22. The molecular formula is C11H13INO2-. The molecule has 3 nitrogen and oxygen atoms in total. The topological polar surface area (TPSA) is 49.3 Å². The molecule has 82 valence electrons. The van der Waals surface area contributed by atoms with Gasteiger partial charge in [0.1, 0.15) is 0 Å². The first-order chi connectivity index (χ1) is 7.25. The predicted molar refractivity (Wildman–Crippen MR) is 51.8 cm³/mol. The molecule has 4 heteroatoms. The van der Waals surface area contributed by atoms with Crippen molar-refractivity contribution < 1.29 is 31.1 Å². The minimum atomic E-state index is -0.246. The van der Waals surface area contributed by atoms with Crippen molar-refractivity contribution in [3.05, 3.63) is 23.6 Å². The van der Waals surface area contributed by atoms with E-state index in [4.69, 9.17) is 0 Å². The molecule has 0 aromatic carbocycles. The van der Waals surface area contributed by atoms with Crippen molar-refractivity contribution in [1.29, 1.82) is 0 Å². The summed E-state index contributed by atoms with van der Waals surface area (Å²) in [6.45, 7) is 0. The van der Waals surface area contributed by atoms with Crippen LogP contribution in [-0.2, 0) is 4.79 Å². The molecule has 3 atom stereocenters. The quantitative estimate of drug-likeness (QED) is 0.303. The van der Waals surface area contributed by atoms with Gasteiger partial charge in [-0.2, -0.15) is 0 Å². The Hall–Kier alpha value is -0.520. The number of aliphatic hydroxyl groups excluding tert-OH is 1. The van der Waals surface area contributed by atoms with Gasteiger partial charge in [-0.3, -0.25) is 0 Å². The summed E-state index contributed by atoms with van der Waals surface area (Å²) in [4.78, 5) is 11.3. The summed E-state index contributed by atoms with van der Waals surface area (Å²) < 4.78 is 2.45. The fraction of sp³-hybridized carbons (Fsp3) is 0.545. The molecule has 1 saturated heterocycles. The Morgan fingerprint density at radius 1 is 1.53 bits per heavy atom. The number of ketones is 1. The summed E-state index contributed by atoms with van der Waals surface area (Å²) in [7, 11) is 0. The van der Waals surface area contributed by atoms with Gasteiger partial charge in [-0.1, -0.05) is 0 Å². The Bertz CT molecular complexity index is 375. The normalized spacial score (nSPS) is 39.2. The number of fused-ring (bicyclic) bond motifs is 3. The van der Waals surface area contributed by atoms with Crippen LogP contribution in [0.2, 0.25) is 0 Å². The van der Waals surface area contributed by atoms with Crippen LogP contribution in [0.3, 0.4) is 0 Å². The average molecular weight is 318 g/mol. The number of halogens is 1. The van der Waals surface area contributed by atoms with E-state index in [9.17, 15) is 9.90 Å². The van der Waals surface area contributed by atoms with E-state index in [1.54, 1.807) is 12.2 Å². The van der Waals surface area contributed by atoms with Gasteiger partial charge in [0.15, 0.2) is 0 Å². The van der Waals surface area contributed by atoms with Gasteiger partial charge in [0.05, 0.1) is 0 Å². The molecule has 2 unspecified atom stereocenters. The Morgan fingerprint density at radius 3 is 3.27 bits per heavy atom. The number of alkyl halides is 2. The van der Waals surface area contributed by atoms with Gasteiger partial charge in [0, 0.05) is 0 Å². The molecular weight excluding hydrogens is 305 g/mol. The molecule has 0 spiro atoms. The third kappa shape index (κ3) is 1.68. The molecule has 0 aromatic rings. The molecule has 0 aromatic heterocycles. The maximum absolute atomic E-state index is 11.3. The van der Waals surface area contributed by atoms with Gasteiger partial charge in [0.2, 0.25) is 0 Å². The van der Waals surface area contributed by atoms with Gasteiger partial charge in [-0.05, 0) is 0 Å². The zero-order valence-electron chi connectivity index (χ0n) is 8.24. The van der Waals surface area contributed by atoms with Gasteiger partial charge < -0.3 is 0 Å². The van der Waals surface area contributed by atoms with E-state index < -0.39 is 0 Å². The third-order valence-corrected chi connectivity index (χ3v) is 6.02. The third-order valence-electron chi connectivity index (χ3n) is 3.35. The second kappa shape index (κ2) is 3.50. The number of aliphatic hydroxyl groups is 1. The van der Waals surface area contributed by atoms with Crippen LogP contribution in [-0.4, -0.2) is 19.9 Å². The van der Waals surface area contributed by atoms with Gasteiger partial charge >= 0.3 is 99.0 Å². The molecule has 2 N–H and O–H groups in total. The van der Waals surface area contributed by atoms with Gasteiger partial charge in [-0.25, -0.2) is 0 Å². The second-order valence-electron chi connectivity index (χ2n) is 4.35. The summed E-state index contributed by atoms with van der Waals surface area (Å²) in [6, 6.07) is 0. The van der Waals surface area contributed by atoms with Crippen molar-refractivity contribution in [3.8, 4) is 0 Å². The van der Waals surface area contributed by atoms with E-state index in [0.717, 1.165) is 16.2 Å². The molecule has 1 saturated carbocycles. The van der Waals surface area contributed by atoms with Crippen LogP contribution in [0.1, 0.15) is 6.42 Å². The van der Waals surface area contributed by atoms with Crippen molar-refractivity contribution in [3.63, 3.8) is 0 Å². The fourth-order valence-electron chi connectivity index (χ4n) is 2.38. The van der Waals surface area contributed by atoms with Crippen LogP contribution in [0, 0.1) is 17.8 Å². The summed E-state index contributed by atoms with van der Waals surface area (Å²) >= 11 is 0.265. The zero-order valence-corrected chi connectivity index (χ0v) is 10.4. The number of nitrogens with one attached hydrogen (secondary N) is 1. The molecule has 2 fully saturated rings. The number of carbonyl (C=O) groups is 1. The van der Waals surface area contributed by atoms with Crippen LogP contribution >= 0.6 is 0 Å². The van der Waals surface area contributed by atoms with Crippen molar-refractivity contribution >= 4 is 5.78 Å². The summed E-state index contributed by atoms with van der Waals surface area (Å²) in [5, 5.41) is 12.8. The van der Waals surface area contributed by atoms with E-state index in [-0.39, 0.29) is 38.7 Å². The Labute approximate surface area is 98.9 Å². The molecule has 3 aliphatic rings. The standard InChI is InChI=1S/C11H13INO2/c14-10-2-8-7-1-6(7)4-12-5-13-9(8)3-11(10)15/h2-3,6-8,13-14H,1,4-5H2/q-1/t6-,7?,8?/m1/s1. The van der Waals surface area contributed by atoms with Crippen LogP contribution in [0.15, 0.2) is 23.6 Å².